The third-order valence-electron chi connectivity index (χ3n) is 3.74. The summed E-state index contributed by atoms with van der Waals surface area (Å²) in [5.74, 6) is 0. The van der Waals surface area contributed by atoms with E-state index >= 15 is 0 Å². The summed E-state index contributed by atoms with van der Waals surface area (Å²) < 4.78 is 5.93. The fraction of sp³-hybridized carbons (Fsp3) is 1.00. The van der Waals surface area contributed by atoms with Gasteiger partial charge in [0.25, 0.3) is 0 Å². The summed E-state index contributed by atoms with van der Waals surface area (Å²) >= 11 is 0. The van der Waals surface area contributed by atoms with Gasteiger partial charge in [-0.1, -0.05) is 6.92 Å². The molecule has 1 spiro atoms. The van der Waals surface area contributed by atoms with E-state index in [-0.39, 0.29) is 0 Å². The van der Waals surface area contributed by atoms with Crippen LogP contribution in [0.3, 0.4) is 0 Å². The van der Waals surface area contributed by atoms with Crippen LogP contribution in [0.2, 0.25) is 0 Å². The van der Waals surface area contributed by atoms with Crippen LogP contribution in [-0.2, 0) is 4.74 Å². The van der Waals surface area contributed by atoms with Crippen LogP contribution in [-0.4, -0.2) is 50.8 Å². The number of hydrogen-bond donors (Lipinski definition) is 1. The van der Waals surface area contributed by atoms with Gasteiger partial charge in [0.2, 0.25) is 0 Å². The van der Waals surface area contributed by atoms with Crippen molar-refractivity contribution < 1.29 is 4.74 Å². The molecule has 3 heteroatoms. The molecule has 2 saturated heterocycles. The number of rotatable bonds is 4. The molecule has 2 aliphatic heterocycles. The SMILES string of the molecule is CCCN(C)CC1CC2(CCNC2)CO1. The summed E-state index contributed by atoms with van der Waals surface area (Å²) in [7, 11) is 2.20. The molecule has 2 fully saturated rings. The van der Waals surface area contributed by atoms with Gasteiger partial charge in [0.05, 0.1) is 12.7 Å². The van der Waals surface area contributed by atoms with Gasteiger partial charge in [-0.15, -0.1) is 0 Å². The maximum absolute atomic E-state index is 5.93. The maximum Gasteiger partial charge on any atom is 0.0708 e. The number of nitrogens with zero attached hydrogens (tertiary/aromatic N) is 1. The summed E-state index contributed by atoms with van der Waals surface area (Å²) in [5, 5.41) is 3.46. The first-order valence-corrected chi connectivity index (χ1v) is 6.25. The molecule has 2 heterocycles. The lowest BCUT2D eigenvalue weighted by atomic mass is 9.85. The molecule has 2 rings (SSSR count). The molecule has 0 saturated carbocycles. The van der Waals surface area contributed by atoms with Crippen LogP contribution in [0.4, 0.5) is 0 Å². The van der Waals surface area contributed by atoms with Crippen molar-refractivity contribution in [1.29, 1.82) is 0 Å². The number of hydrogen-bond acceptors (Lipinski definition) is 3. The molecule has 2 aliphatic rings. The molecule has 2 atom stereocenters. The molecule has 0 radical (unpaired) electrons. The van der Waals surface area contributed by atoms with Crippen LogP contribution < -0.4 is 5.32 Å². The Morgan fingerprint density at radius 3 is 3.07 bits per heavy atom. The Kier molecular flexibility index (Phi) is 3.65. The number of ether oxygens (including phenoxy) is 1. The van der Waals surface area contributed by atoms with Crippen molar-refractivity contribution in [3.63, 3.8) is 0 Å². The third-order valence-corrected chi connectivity index (χ3v) is 3.74. The topological polar surface area (TPSA) is 24.5 Å². The second kappa shape index (κ2) is 4.81. The van der Waals surface area contributed by atoms with Gasteiger partial charge in [-0.3, -0.25) is 0 Å². The largest absolute Gasteiger partial charge is 0.376 e. The van der Waals surface area contributed by atoms with Gasteiger partial charge >= 0.3 is 0 Å². The monoisotopic (exact) mass is 212 g/mol. The van der Waals surface area contributed by atoms with Gasteiger partial charge in [-0.05, 0) is 39.4 Å². The minimum Gasteiger partial charge on any atom is -0.376 e. The Morgan fingerprint density at radius 2 is 2.40 bits per heavy atom. The summed E-state index contributed by atoms with van der Waals surface area (Å²) in [6.07, 6.45) is 4.27. The molecule has 0 aromatic heterocycles. The van der Waals surface area contributed by atoms with Gasteiger partial charge < -0.3 is 15.0 Å². The minimum atomic E-state index is 0.474. The Hall–Kier alpha value is -0.120. The van der Waals surface area contributed by atoms with Crippen LogP contribution in [0.15, 0.2) is 0 Å². The highest BCUT2D eigenvalue weighted by atomic mass is 16.5. The van der Waals surface area contributed by atoms with E-state index in [9.17, 15) is 0 Å². The first-order chi connectivity index (χ1) is 7.24. The lowest BCUT2D eigenvalue weighted by Gasteiger charge is -2.21. The zero-order valence-electron chi connectivity index (χ0n) is 10.1. The van der Waals surface area contributed by atoms with Crippen molar-refractivity contribution >= 4 is 0 Å². The van der Waals surface area contributed by atoms with Crippen molar-refractivity contribution in [3.8, 4) is 0 Å². The van der Waals surface area contributed by atoms with Crippen molar-refractivity contribution in [2.45, 2.75) is 32.3 Å². The minimum absolute atomic E-state index is 0.474. The van der Waals surface area contributed by atoms with Crippen molar-refractivity contribution in [1.82, 2.24) is 10.2 Å². The number of likely N-dealkylation sites (N-methyl/N-ethyl adjacent to an activating group) is 1. The first-order valence-electron chi connectivity index (χ1n) is 6.25. The Balaban J connectivity index is 1.77. The Labute approximate surface area is 93.2 Å². The molecule has 0 aromatic carbocycles. The first kappa shape index (κ1) is 11.4. The maximum atomic E-state index is 5.93. The summed E-state index contributed by atoms with van der Waals surface area (Å²) in [6, 6.07) is 0. The van der Waals surface area contributed by atoms with Crippen LogP contribution in [0, 0.1) is 5.41 Å². The highest BCUT2D eigenvalue weighted by Gasteiger charge is 2.42. The molecular weight excluding hydrogens is 188 g/mol. The van der Waals surface area contributed by atoms with Gasteiger partial charge in [0.15, 0.2) is 0 Å². The lowest BCUT2D eigenvalue weighted by molar-refractivity contribution is 0.0733. The number of nitrogens with one attached hydrogen (secondary N) is 1. The molecule has 1 N–H and O–H groups in total. The predicted octanol–water partition coefficient (Wildman–Crippen LogP) is 1.10. The highest BCUT2D eigenvalue weighted by molar-refractivity contribution is 4.94. The molecule has 15 heavy (non-hydrogen) atoms. The second-order valence-electron chi connectivity index (χ2n) is 5.33. The summed E-state index contributed by atoms with van der Waals surface area (Å²) in [6.45, 7) is 7.85. The van der Waals surface area contributed by atoms with Crippen molar-refractivity contribution in [2.75, 3.05) is 39.8 Å². The fourth-order valence-corrected chi connectivity index (χ4v) is 2.93. The summed E-state index contributed by atoms with van der Waals surface area (Å²) in [4.78, 5) is 2.39. The van der Waals surface area contributed by atoms with Crippen molar-refractivity contribution in [2.24, 2.45) is 5.41 Å². The Bertz CT molecular complexity index is 202. The van der Waals surface area contributed by atoms with Gasteiger partial charge in [0, 0.05) is 18.5 Å². The van der Waals surface area contributed by atoms with Gasteiger partial charge in [-0.25, -0.2) is 0 Å². The van der Waals surface area contributed by atoms with E-state index in [0.29, 0.717) is 11.5 Å². The molecule has 0 aromatic rings. The fourth-order valence-electron chi connectivity index (χ4n) is 2.93. The average Bonchev–Trinajstić information content (AvgIpc) is 2.79. The molecule has 0 amide bonds. The molecule has 3 nitrogen and oxygen atoms in total. The van der Waals surface area contributed by atoms with Gasteiger partial charge in [-0.2, -0.15) is 0 Å². The van der Waals surface area contributed by atoms with E-state index in [1.807, 2.05) is 0 Å². The van der Waals surface area contributed by atoms with E-state index in [1.54, 1.807) is 0 Å². The van der Waals surface area contributed by atoms with Crippen LogP contribution in [0.1, 0.15) is 26.2 Å². The highest BCUT2D eigenvalue weighted by Crippen LogP contribution is 2.37. The smallest absolute Gasteiger partial charge is 0.0708 e. The zero-order valence-corrected chi connectivity index (χ0v) is 10.1. The van der Waals surface area contributed by atoms with Crippen LogP contribution in [0.5, 0.6) is 0 Å². The van der Waals surface area contributed by atoms with E-state index in [2.05, 4.69) is 24.2 Å². The van der Waals surface area contributed by atoms with E-state index in [0.717, 1.165) is 13.2 Å². The average molecular weight is 212 g/mol. The van der Waals surface area contributed by atoms with Crippen LogP contribution >= 0.6 is 0 Å². The molecular formula is C12H24N2O. The van der Waals surface area contributed by atoms with E-state index in [1.165, 1.54) is 38.9 Å². The zero-order chi connectivity index (χ0) is 10.7. The standard InChI is InChI=1S/C12H24N2O/c1-3-6-14(2)8-11-7-12(10-15-11)4-5-13-9-12/h11,13H,3-10H2,1-2H3. The van der Waals surface area contributed by atoms with Gasteiger partial charge in [0.1, 0.15) is 0 Å². The quantitative estimate of drug-likeness (QED) is 0.755. The molecule has 0 bridgehead atoms. The normalized spacial score (nSPS) is 35.8. The molecule has 0 aliphatic carbocycles. The second-order valence-corrected chi connectivity index (χ2v) is 5.33. The lowest BCUT2D eigenvalue weighted by Crippen LogP contribution is -2.30. The van der Waals surface area contributed by atoms with Crippen LogP contribution in [0.25, 0.3) is 0 Å². The predicted molar refractivity (Wildman–Crippen MR) is 62.1 cm³/mol. The third kappa shape index (κ3) is 2.71. The van der Waals surface area contributed by atoms with E-state index < -0.39 is 0 Å². The molecule has 88 valence electrons. The summed E-state index contributed by atoms with van der Waals surface area (Å²) in [5.41, 5.74) is 0.484. The molecule has 2 unspecified atom stereocenters. The van der Waals surface area contributed by atoms with Crippen molar-refractivity contribution in [3.05, 3.63) is 0 Å². The van der Waals surface area contributed by atoms with E-state index in [4.69, 9.17) is 4.74 Å². The Morgan fingerprint density at radius 1 is 1.53 bits per heavy atom.